The van der Waals surface area contributed by atoms with Crippen LogP contribution in [0.3, 0.4) is 0 Å². The van der Waals surface area contributed by atoms with Crippen molar-refractivity contribution in [3.63, 3.8) is 0 Å². The van der Waals surface area contributed by atoms with Crippen molar-refractivity contribution in [1.29, 1.82) is 0 Å². The smallest absolute Gasteiger partial charge is 0.347 e. The van der Waals surface area contributed by atoms with E-state index in [-0.39, 0.29) is 23.3 Å². The third kappa shape index (κ3) is 2.97. The van der Waals surface area contributed by atoms with E-state index in [9.17, 15) is 19.8 Å². The van der Waals surface area contributed by atoms with Crippen LogP contribution in [0, 0.1) is 0 Å². The van der Waals surface area contributed by atoms with E-state index in [0.29, 0.717) is 11.1 Å². The topological polar surface area (TPSA) is 106 Å². The van der Waals surface area contributed by atoms with Crippen molar-refractivity contribution in [2.24, 2.45) is 0 Å². The maximum absolute atomic E-state index is 11.9. The van der Waals surface area contributed by atoms with Gasteiger partial charge in [0.05, 0.1) is 14.2 Å². The number of carbonyl (C=O) groups is 1. The van der Waals surface area contributed by atoms with Crippen LogP contribution in [0.15, 0.2) is 27.4 Å². The number of aliphatic hydroxyl groups excluding tert-OH is 1. The van der Waals surface area contributed by atoms with E-state index in [4.69, 9.17) is 9.15 Å². The second kappa shape index (κ2) is 5.84. The number of benzene rings is 1. The molecule has 0 bridgehead atoms. The average molecular weight is 294 g/mol. The normalized spacial score (nSPS) is 12.1. The summed E-state index contributed by atoms with van der Waals surface area (Å²) in [6.45, 7) is 0. The van der Waals surface area contributed by atoms with Crippen LogP contribution in [0.5, 0.6) is 11.5 Å². The molecule has 0 saturated carbocycles. The second-order valence-corrected chi connectivity index (χ2v) is 4.35. The van der Waals surface area contributed by atoms with Gasteiger partial charge in [-0.2, -0.15) is 0 Å². The maximum atomic E-state index is 11.9. The molecule has 7 heteroatoms. The highest BCUT2D eigenvalue weighted by Gasteiger charge is 2.19. The summed E-state index contributed by atoms with van der Waals surface area (Å²) >= 11 is 0. The molecule has 1 heterocycles. The minimum atomic E-state index is -1.44. The number of phenolic OH excluding ortho intramolecular Hbond substituents is 1. The van der Waals surface area contributed by atoms with Gasteiger partial charge in [-0.05, 0) is 17.5 Å². The number of esters is 1. The van der Waals surface area contributed by atoms with E-state index in [1.54, 1.807) is 6.07 Å². The predicted molar refractivity (Wildman–Crippen MR) is 72.4 cm³/mol. The van der Waals surface area contributed by atoms with Gasteiger partial charge in [0.2, 0.25) is 0 Å². The summed E-state index contributed by atoms with van der Waals surface area (Å²) < 4.78 is 14.4. The van der Waals surface area contributed by atoms with E-state index in [2.05, 4.69) is 4.74 Å². The Labute approximate surface area is 119 Å². The lowest BCUT2D eigenvalue weighted by Crippen LogP contribution is -2.24. The summed E-state index contributed by atoms with van der Waals surface area (Å²) in [6.07, 6.45) is -1.65. The largest absolute Gasteiger partial charge is 0.507 e. The lowest BCUT2D eigenvalue weighted by Gasteiger charge is -2.09. The molecule has 0 aliphatic carbocycles. The number of phenols is 1. The van der Waals surface area contributed by atoms with Gasteiger partial charge in [0.1, 0.15) is 22.6 Å². The zero-order valence-corrected chi connectivity index (χ0v) is 11.5. The first kappa shape index (κ1) is 14.9. The molecule has 1 aromatic heterocycles. The number of aromatic hydroxyl groups is 1. The summed E-state index contributed by atoms with van der Waals surface area (Å²) in [5.74, 6) is -0.632. The van der Waals surface area contributed by atoms with Gasteiger partial charge in [-0.15, -0.1) is 0 Å². The molecule has 0 aliphatic heterocycles. The van der Waals surface area contributed by atoms with Gasteiger partial charge in [0.25, 0.3) is 0 Å². The predicted octanol–water partition coefficient (Wildman–Crippen LogP) is 0.584. The number of methoxy groups -OCH3 is 2. The van der Waals surface area contributed by atoms with Gasteiger partial charge in [-0.1, -0.05) is 0 Å². The number of carbonyl (C=O) groups excluding carboxylic acids is 1. The molecule has 2 aromatic rings. The first-order valence-corrected chi connectivity index (χ1v) is 6.06. The van der Waals surface area contributed by atoms with E-state index in [1.807, 2.05) is 0 Å². The Bertz CT molecular complexity index is 732. The highest BCUT2D eigenvalue weighted by molar-refractivity contribution is 5.88. The quantitative estimate of drug-likeness (QED) is 0.794. The standard InChI is InChI=1S/C14H14O7/c1-19-8-3-7-4-9(6-11(16)13(17)20-2)21-14(18)12(7)10(15)5-8/h3-5,11,15-16H,6H2,1-2H3/t11-/m0/s1. The second-order valence-electron chi connectivity index (χ2n) is 4.35. The van der Waals surface area contributed by atoms with E-state index in [0.717, 1.165) is 7.11 Å². The molecule has 0 aliphatic rings. The van der Waals surface area contributed by atoms with Crippen LogP contribution in [0.4, 0.5) is 0 Å². The summed E-state index contributed by atoms with van der Waals surface area (Å²) in [6, 6.07) is 4.29. The Hall–Kier alpha value is -2.54. The maximum Gasteiger partial charge on any atom is 0.347 e. The van der Waals surface area contributed by atoms with E-state index in [1.165, 1.54) is 19.2 Å². The molecule has 1 aromatic carbocycles. The molecule has 2 rings (SSSR count). The lowest BCUT2D eigenvalue weighted by molar-refractivity contribution is -0.150. The van der Waals surface area contributed by atoms with Gasteiger partial charge in [0.15, 0.2) is 6.10 Å². The van der Waals surface area contributed by atoms with Crippen molar-refractivity contribution in [2.45, 2.75) is 12.5 Å². The molecular formula is C14H14O7. The fourth-order valence-electron chi connectivity index (χ4n) is 1.96. The first-order valence-electron chi connectivity index (χ1n) is 6.06. The third-order valence-electron chi connectivity index (χ3n) is 2.97. The van der Waals surface area contributed by atoms with Gasteiger partial charge in [-0.25, -0.2) is 9.59 Å². The fraction of sp³-hybridized carbons (Fsp3) is 0.286. The van der Waals surface area contributed by atoms with Crippen molar-refractivity contribution in [3.05, 3.63) is 34.4 Å². The van der Waals surface area contributed by atoms with Crippen molar-refractivity contribution >= 4 is 16.7 Å². The minimum Gasteiger partial charge on any atom is -0.507 e. The fourth-order valence-corrected chi connectivity index (χ4v) is 1.96. The monoisotopic (exact) mass is 294 g/mol. The van der Waals surface area contributed by atoms with Crippen LogP contribution in [0.1, 0.15) is 5.76 Å². The van der Waals surface area contributed by atoms with Crippen molar-refractivity contribution < 1.29 is 28.9 Å². The molecule has 0 saturated heterocycles. The van der Waals surface area contributed by atoms with Crippen LogP contribution in [-0.4, -0.2) is 36.5 Å². The van der Waals surface area contributed by atoms with Crippen LogP contribution in [0.25, 0.3) is 10.8 Å². The minimum absolute atomic E-state index is 0.00658. The molecule has 0 unspecified atom stereocenters. The zero-order valence-electron chi connectivity index (χ0n) is 11.5. The van der Waals surface area contributed by atoms with E-state index < -0.39 is 17.7 Å². The molecule has 0 radical (unpaired) electrons. The number of ether oxygens (including phenoxy) is 2. The average Bonchev–Trinajstić information content (AvgIpc) is 2.45. The Balaban J connectivity index is 2.49. The molecule has 1 atom stereocenters. The highest BCUT2D eigenvalue weighted by atomic mass is 16.5. The Morgan fingerprint density at radius 1 is 1.33 bits per heavy atom. The van der Waals surface area contributed by atoms with Crippen LogP contribution in [0.2, 0.25) is 0 Å². The Morgan fingerprint density at radius 2 is 2.05 bits per heavy atom. The number of fused-ring (bicyclic) bond motifs is 1. The van der Waals surface area contributed by atoms with Crippen LogP contribution < -0.4 is 10.4 Å². The molecule has 7 nitrogen and oxygen atoms in total. The lowest BCUT2D eigenvalue weighted by atomic mass is 10.1. The summed E-state index contributed by atoms with van der Waals surface area (Å²) in [4.78, 5) is 23.0. The molecule has 112 valence electrons. The highest BCUT2D eigenvalue weighted by Crippen LogP contribution is 2.28. The summed E-state index contributed by atoms with van der Waals surface area (Å²) in [5, 5.41) is 19.8. The molecule has 0 amide bonds. The summed E-state index contributed by atoms with van der Waals surface area (Å²) in [7, 11) is 2.57. The zero-order chi connectivity index (χ0) is 15.6. The van der Waals surface area contributed by atoms with E-state index >= 15 is 0 Å². The number of hydrogen-bond donors (Lipinski definition) is 2. The molecule has 2 N–H and O–H groups in total. The Kier molecular flexibility index (Phi) is 4.13. The SMILES string of the molecule is COC(=O)[C@@H](O)Cc1cc2cc(OC)cc(O)c2c(=O)o1. The third-order valence-corrected chi connectivity index (χ3v) is 2.97. The number of aliphatic hydroxyl groups is 1. The van der Waals surface area contributed by atoms with Gasteiger partial charge in [-0.3, -0.25) is 0 Å². The Morgan fingerprint density at radius 3 is 2.67 bits per heavy atom. The number of hydrogen-bond acceptors (Lipinski definition) is 7. The van der Waals surface area contributed by atoms with Crippen LogP contribution in [-0.2, 0) is 16.0 Å². The molecule has 21 heavy (non-hydrogen) atoms. The van der Waals surface area contributed by atoms with Crippen molar-refractivity contribution in [1.82, 2.24) is 0 Å². The van der Waals surface area contributed by atoms with Gasteiger partial charge < -0.3 is 24.1 Å². The van der Waals surface area contributed by atoms with Crippen molar-refractivity contribution in [3.8, 4) is 11.5 Å². The van der Waals surface area contributed by atoms with Crippen molar-refractivity contribution in [2.75, 3.05) is 14.2 Å². The van der Waals surface area contributed by atoms with Gasteiger partial charge in [0, 0.05) is 12.5 Å². The first-order chi connectivity index (χ1) is 9.96. The number of rotatable bonds is 4. The molecule has 0 spiro atoms. The summed E-state index contributed by atoms with van der Waals surface area (Å²) in [5.41, 5.74) is -0.764. The molecular weight excluding hydrogens is 280 g/mol. The molecule has 0 fully saturated rings. The van der Waals surface area contributed by atoms with Crippen LogP contribution >= 0.6 is 0 Å². The van der Waals surface area contributed by atoms with Gasteiger partial charge >= 0.3 is 11.6 Å².